The fourth-order valence-corrected chi connectivity index (χ4v) is 1.70. The van der Waals surface area contributed by atoms with E-state index in [1.165, 1.54) is 12.1 Å². The van der Waals surface area contributed by atoms with Crippen molar-refractivity contribution < 1.29 is 9.18 Å². The number of carbonyl (C=O) groups excluding carboxylic acids is 1. The molecule has 1 rings (SSSR count). The molecule has 4 heteroatoms. The molecular weight excluding hydrogens is 219 g/mol. The molecule has 0 bridgehead atoms. The molecule has 0 saturated carbocycles. The molecule has 1 amide bonds. The first-order chi connectivity index (χ1) is 8.08. The fourth-order valence-electron chi connectivity index (χ4n) is 1.70. The highest BCUT2D eigenvalue weighted by Gasteiger charge is 2.18. The Balaban J connectivity index is 2.62. The summed E-state index contributed by atoms with van der Waals surface area (Å²) in [4.78, 5) is 13.6. The standard InChI is InChI=1S/C13H19FN2O/c1-3-11(8-15)13(17)16(2)9-10-4-6-12(14)7-5-10/h4-7,11H,3,8-9,15H2,1-2H3. The van der Waals surface area contributed by atoms with Crippen LogP contribution in [0, 0.1) is 11.7 Å². The van der Waals surface area contributed by atoms with Gasteiger partial charge in [0.05, 0.1) is 5.92 Å². The van der Waals surface area contributed by atoms with Gasteiger partial charge in [0.25, 0.3) is 0 Å². The Hall–Kier alpha value is -1.42. The second kappa shape index (κ2) is 6.35. The summed E-state index contributed by atoms with van der Waals surface area (Å²) in [7, 11) is 1.74. The molecule has 0 saturated heterocycles. The smallest absolute Gasteiger partial charge is 0.226 e. The summed E-state index contributed by atoms with van der Waals surface area (Å²) in [6, 6.07) is 6.16. The molecule has 0 spiro atoms. The Morgan fingerprint density at radius 2 is 2.00 bits per heavy atom. The molecule has 17 heavy (non-hydrogen) atoms. The van der Waals surface area contributed by atoms with Crippen molar-refractivity contribution in [3.63, 3.8) is 0 Å². The van der Waals surface area contributed by atoms with Crippen LogP contribution in [-0.2, 0) is 11.3 Å². The van der Waals surface area contributed by atoms with Crippen LogP contribution < -0.4 is 5.73 Å². The number of amides is 1. The second-order valence-electron chi connectivity index (χ2n) is 4.16. The highest BCUT2D eigenvalue weighted by molar-refractivity contribution is 5.78. The third kappa shape index (κ3) is 3.82. The van der Waals surface area contributed by atoms with Crippen molar-refractivity contribution in [2.75, 3.05) is 13.6 Å². The molecule has 3 nitrogen and oxygen atoms in total. The van der Waals surface area contributed by atoms with Crippen LogP contribution in [0.15, 0.2) is 24.3 Å². The molecule has 0 heterocycles. The Bertz CT molecular complexity index is 360. The monoisotopic (exact) mass is 238 g/mol. The summed E-state index contributed by atoms with van der Waals surface area (Å²) < 4.78 is 12.7. The van der Waals surface area contributed by atoms with Gasteiger partial charge in [0.15, 0.2) is 0 Å². The van der Waals surface area contributed by atoms with Crippen LogP contribution in [0.1, 0.15) is 18.9 Å². The largest absolute Gasteiger partial charge is 0.341 e. The quantitative estimate of drug-likeness (QED) is 0.849. The van der Waals surface area contributed by atoms with Crippen molar-refractivity contribution >= 4 is 5.91 Å². The van der Waals surface area contributed by atoms with Crippen LogP contribution in [0.5, 0.6) is 0 Å². The second-order valence-corrected chi connectivity index (χ2v) is 4.16. The lowest BCUT2D eigenvalue weighted by atomic mass is 10.1. The summed E-state index contributed by atoms with van der Waals surface area (Å²) in [5.41, 5.74) is 6.45. The minimum absolute atomic E-state index is 0.0410. The molecule has 1 atom stereocenters. The number of hydrogen-bond acceptors (Lipinski definition) is 2. The Labute approximate surface area is 101 Å². The van der Waals surface area contributed by atoms with Gasteiger partial charge in [-0.05, 0) is 24.1 Å². The zero-order valence-corrected chi connectivity index (χ0v) is 10.3. The Morgan fingerprint density at radius 1 is 1.41 bits per heavy atom. The number of halogens is 1. The first-order valence-corrected chi connectivity index (χ1v) is 5.78. The fraction of sp³-hybridized carbons (Fsp3) is 0.462. The van der Waals surface area contributed by atoms with E-state index in [1.807, 2.05) is 6.92 Å². The molecule has 1 aromatic rings. The maximum atomic E-state index is 12.7. The summed E-state index contributed by atoms with van der Waals surface area (Å²) in [6.07, 6.45) is 0.739. The highest BCUT2D eigenvalue weighted by atomic mass is 19.1. The molecule has 0 aromatic heterocycles. The maximum absolute atomic E-state index is 12.7. The Morgan fingerprint density at radius 3 is 2.47 bits per heavy atom. The molecule has 0 aliphatic heterocycles. The maximum Gasteiger partial charge on any atom is 0.226 e. The van der Waals surface area contributed by atoms with E-state index in [0.717, 1.165) is 12.0 Å². The summed E-state index contributed by atoms with van der Waals surface area (Å²) in [5, 5.41) is 0. The average molecular weight is 238 g/mol. The van der Waals surface area contributed by atoms with Crippen molar-refractivity contribution in [3.05, 3.63) is 35.6 Å². The highest BCUT2D eigenvalue weighted by Crippen LogP contribution is 2.10. The van der Waals surface area contributed by atoms with Gasteiger partial charge in [-0.3, -0.25) is 4.79 Å². The third-order valence-corrected chi connectivity index (χ3v) is 2.84. The van der Waals surface area contributed by atoms with Crippen LogP contribution >= 0.6 is 0 Å². The summed E-state index contributed by atoms with van der Waals surface area (Å²) in [5.74, 6) is -0.351. The van der Waals surface area contributed by atoms with Gasteiger partial charge in [-0.2, -0.15) is 0 Å². The predicted octanol–water partition coefficient (Wildman–Crippen LogP) is 1.77. The van der Waals surface area contributed by atoms with Crippen LogP contribution in [0.2, 0.25) is 0 Å². The van der Waals surface area contributed by atoms with Crippen molar-refractivity contribution in [2.45, 2.75) is 19.9 Å². The van der Waals surface area contributed by atoms with E-state index in [4.69, 9.17) is 5.73 Å². The lowest BCUT2D eigenvalue weighted by Gasteiger charge is -2.22. The number of nitrogens with zero attached hydrogens (tertiary/aromatic N) is 1. The number of nitrogens with two attached hydrogens (primary N) is 1. The third-order valence-electron chi connectivity index (χ3n) is 2.84. The van der Waals surface area contributed by atoms with Crippen LogP contribution in [0.3, 0.4) is 0 Å². The molecule has 0 radical (unpaired) electrons. The van der Waals surface area contributed by atoms with Gasteiger partial charge >= 0.3 is 0 Å². The van der Waals surface area contributed by atoms with E-state index in [-0.39, 0.29) is 17.6 Å². The zero-order valence-electron chi connectivity index (χ0n) is 10.3. The van der Waals surface area contributed by atoms with Crippen molar-refractivity contribution in [1.82, 2.24) is 4.90 Å². The lowest BCUT2D eigenvalue weighted by molar-refractivity contribution is -0.134. The zero-order chi connectivity index (χ0) is 12.8. The van der Waals surface area contributed by atoms with Gasteiger partial charge in [0.2, 0.25) is 5.91 Å². The SMILES string of the molecule is CCC(CN)C(=O)N(C)Cc1ccc(F)cc1. The normalized spacial score (nSPS) is 12.2. The molecule has 94 valence electrons. The summed E-state index contributed by atoms with van der Waals surface area (Å²) in [6.45, 7) is 2.79. The summed E-state index contributed by atoms with van der Waals surface area (Å²) >= 11 is 0. The van der Waals surface area contributed by atoms with E-state index < -0.39 is 0 Å². The van der Waals surface area contributed by atoms with Crippen molar-refractivity contribution in [2.24, 2.45) is 11.7 Å². The van der Waals surface area contributed by atoms with Crippen LogP contribution in [-0.4, -0.2) is 24.4 Å². The minimum atomic E-state index is -0.267. The van der Waals surface area contributed by atoms with Crippen LogP contribution in [0.25, 0.3) is 0 Å². The number of rotatable bonds is 5. The number of benzene rings is 1. The minimum Gasteiger partial charge on any atom is -0.341 e. The topological polar surface area (TPSA) is 46.3 Å². The predicted molar refractivity (Wildman–Crippen MR) is 65.7 cm³/mol. The molecule has 0 fully saturated rings. The number of hydrogen-bond donors (Lipinski definition) is 1. The van der Waals surface area contributed by atoms with E-state index >= 15 is 0 Å². The van der Waals surface area contributed by atoms with Gasteiger partial charge in [-0.1, -0.05) is 19.1 Å². The van der Waals surface area contributed by atoms with Crippen molar-refractivity contribution in [3.8, 4) is 0 Å². The Kier molecular flexibility index (Phi) is 5.10. The van der Waals surface area contributed by atoms with Crippen LogP contribution in [0.4, 0.5) is 4.39 Å². The van der Waals surface area contributed by atoms with Gasteiger partial charge in [-0.25, -0.2) is 4.39 Å². The first kappa shape index (κ1) is 13.6. The van der Waals surface area contributed by atoms with Gasteiger partial charge in [0, 0.05) is 20.1 Å². The lowest BCUT2D eigenvalue weighted by Crippen LogP contribution is -2.35. The van der Waals surface area contributed by atoms with E-state index in [0.29, 0.717) is 13.1 Å². The molecule has 0 aliphatic carbocycles. The first-order valence-electron chi connectivity index (χ1n) is 5.78. The van der Waals surface area contributed by atoms with Crippen molar-refractivity contribution in [1.29, 1.82) is 0 Å². The molecular formula is C13H19FN2O. The molecule has 1 aromatic carbocycles. The van der Waals surface area contributed by atoms with Gasteiger partial charge in [-0.15, -0.1) is 0 Å². The van der Waals surface area contributed by atoms with E-state index in [2.05, 4.69) is 0 Å². The van der Waals surface area contributed by atoms with E-state index in [1.54, 1.807) is 24.1 Å². The van der Waals surface area contributed by atoms with Gasteiger partial charge < -0.3 is 10.6 Å². The average Bonchev–Trinajstić information content (AvgIpc) is 2.33. The molecule has 0 aliphatic rings. The number of carbonyl (C=O) groups is 1. The van der Waals surface area contributed by atoms with E-state index in [9.17, 15) is 9.18 Å². The molecule has 1 unspecified atom stereocenters. The molecule has 2 N–H and O–H groups in total. The van der Waals surface area contributed by atoms with Gasteiger partial charge in [0.1, 0.15) is 5.82 Å².